The van der Waals surface area contributed by atoms with Crippen molar-refractivity contribution >= 4 is 17.9 Å². The van der Waals surface area contributed by atoms with Crippen LogP contribution in [0.3, 0.4) is 0 Å². The summed E-state index contributed by atoms with van der Waals surface area (Å²) in [7, 11) is 1.77. The molecule has 0 radical (unpaired) electrons. The van der Waals surface area contributed by atoms with Crippen molar-refractivity contribution in [2.45, 2.75) is 12.4 Å². The van der Waals surface area contributed by atoms with Gasteiger partial charge in [0.1, 0.15) is 0 Å². The number of likely N-dealkylation sites (N-methyl/N-ethyl adjacent to an activating group) is 1. The first-order chi connectivity index (χ1) is 13.9. The van der Waals surface area contributed by atoms with Crippen LogP contribution < -0.4 is 0 Å². The molecule has 30 heavy (non-hydrogen) atoms. The second-order valence-electron chi connectivity index (χ2n) is 7.08. The lowest BCUT2D eigenvalue weighted by Gasteiger charge is -2.26. The minimum Gasteiger partial charge on any atom is -0.298 e. The summed E-state index contributed by atoms with van der Waals surface area (Å²) in [4.78, 5) is 14.6. The Kier molecular flexibility index (Phi) is 5.90. The molecule has 0 N–H and O–H groups in total. The standard InChI is InChI=1S/C22H17F6NO/c1-29-12-16(10-14-2-6-18(7-3-14)21(23,24)25)20(30)17(13-29)11-15-4-8-19(9-5-15)22(26,27)28/h2-11H,12-13H2,1H3. The Morgan fingerprint density at radius 1 is 0.700 bits per heavy atom. The number of carbonyl (C=O) groups is 1. The van der Waals surface area contributed by atoms with Crippen molar-refractivity contribution in [2.75, 3.05) is 20.1 Å². The first-order valence-corrected chi connectivity index (χ1v) is 8.92. The second-order valence-corrected chi connectivity index (χ2v) is 7.08. The van der Waals surface area contributed by atoms with Crippen molar-refractivity contribution in [3.05, 3.63) is 81.9 Å². The van der Waals surface area contributed by atoms with E-state index in [1.807, 2.05) is 4.90 Å². The third kappa shape index (κ3) is 5.18. The van der Waals surface area contributed by atoms with Crippen LogP contribution in [0.5, 0.6) is 0 Å². The van der Waals surface area contributed by atoms with Gasteiger partial charge in [0.2, 0.25) is 0 Å². The molecule has 3 rings (SSSR count). The van der Waals surface area contributed by atoms with Gasteiger partial charge in [-0.2, -0.15) is 26.3 Å². The number of hydrogen-bond acceptors (Lipinski definition) is 2. The summed E-state index contributed by atoms with van der Waals surface area (Å²) in [6.07, 6.45) is -5.83. The van der Waals surface area contributed by atoms with E-state index in [1.165, 1.54) is 36.4 Å². The lowest BCUT2D eigenvalue weighted by molar-refractivity contribution is -0.138. The Balaban J connectivity index is 1.86. The zero-order valence-electron chi connectivity index (χ0n) is 15.8. The number of nitrogens with zero attached hydrogens (tertiary/aromatic N) is 1. The third-order valence-corrected chi connectivity index (χ3v) is 4.62. The van der Waals surface area contributed by atoms with E-state index in [1.54, 1.807) is 7.05 Å². The van der Waals surface area contributed by atoms with Crippen LogP contribution in [-0.4, -0.2) is 30.8 Å². The van der Waals surface area contributed by atoms with Gasteiger partial charge in [0, 0.05) is 24.2 Å². The van der Waals surface area contributed by atoms with Crippen molar-refractivity contribution in [2.24, 2.45) is 0 Å². The lowest BCUT2D eigenvalue weighted by atomic mass is 9.94. The Morgan fingerprint density at radius 3 is 1.33 bits per heavy atom. The van der Waals surface area contributed by atoms with E-state index in [0.29, 0.717) is 35.4 Å². The number of ketones is 1. The van der Waals surface area contributed by atoms with Gasteiger partial charge in [-0.15, -0.1) is 0 Å². The van der Waals surface area contributed by atoms with Gasteiger partial charge in [-0.25, -0.2) is 0 Å². The topological polar surface area (TPSA) is 20.3 Å². The highest BCUT2D eigenvalue weighted by atomic mass is 19.4. The van der Waals surface area contributed by atoms with Gasteiger partial charge in [-0.1, -0.05) is 24.3 Å². The molecular weight excluding hydrogens is 408 g/mol. The zero-order chi connectivity index (χ0) is 22.1. The van der Waals surface area contributed by atoms with E-state index in [-0.39, 0.29) is 5.78 Å². The molecule has 0 aliphatic carbocycles. The average Bonchev–Trinajstić information content (AvgIpc) is 2.65. The highest BCUT2D eigenvalue weighted by molar-refractivity contribution is 6.14. The van der Waals surface area contributed by atoms with Gasteiger partial charge in [-0.05, 0) is 54.6 Å². The molecule has 0 unspecified atom stereocenters. The van der Waals surface area contributed by atoms with Crippen molar-refractivity contribution in [3.63, 3.8) is 0 Å². The monoisotopic (exact) mass is 425 g/mol. The number of carbonyl (C=O) groups excluding carboxylic acids is 1. The average molecular weight is 425 g/mol. The number of piperidine rings is 1. The summed E-state index contributed by atoms with van der Waals surface area (Å²) in [5, 5.41) is 0. The molecule has 0 bridgehead atoms. The molecule has 1 fully saturated rings. The lowest BCUT2D eigenvalue weighted by Crippen LogP contribution is -2.34. The van der Waals surface area contributed by atoms with Gasteiger partial charge in [-0.3, -0.25) is 9.69 Å². The number of likely N-dealkylation sites (tertiary alicyclic amines) is 1. The smallest absolute Gasteiger partial charge is 0.298 e. The fraction of sp³-hybridized carbons (Fsp3) is 0.227. The third-order valence-electron chi connectivity index (χ3n) is 4.62. The molecule has 0 saturated carbocycles. The molecular formula is C22H17F6NO. The fourth-order valence-corrected chi connectivity index (χ4v) is 3.15. The fourth-order valence-electron chi connectivity index (χ4n) is 3.15. The van der Waals surface area contributed by atoms with Gasteiger partial charge in [0.25, 0.3) is 0 Å². The first-order valence-electron chi connectivity index (χ1n) is 8.92. The van der Waals surface area contributed by atoms with Gasteiger partial charge < -0.3 is 0 Å². The Hall–Kier alpha value is -2.87. The summed E-state index contributed by atoms with van der Waals surface area (Å²) in [6.45, 7) is 0.619. The highest BCUT2D eigenvalue weighted by Crippen LogP contribution is 2.31. The highest BCUT2D eigenvalue weighted by Gasteiger charge is 2.31. The van der Waals surface area contributed by atoms with Gasteiger partial charge in [0.15, 0.2) is 5.78 Å². The quantitative estimate of drug-likeness (QED) is 0.454. The van der Waals surface area contributed by atoms with Crippen molar-refractivity contribution < 1.29 is 31.1 Å². The van der Waals surface area contributed by atoms with Crippen molar-refractivity contribution in [1.82, 2.24) is 4.90 Å². The first kappa shape index (κ1) is 21.8. The van der Waals surface area contributed by atoms with Crippen LogP contribution in [0.1, 0.15) is 22.3 Å². The molecule has 2 nitrogen and oxygen atoms in total. The van der Waals surface area contributed by atoms with E-state index in [0.717, 1.165) is 24.3 Å². The van der Waals surface area contributed by atoms with Crippen LogP contribution in [0.15, 0.2) is 59.7 Å². The minimum atomic E-state index is -4.44. The largest absolute Gasteiger partial charge is 0.416 e. The van der Waals surface area contributed by atoms with Crippen LogP contribution in [0.2, 0.25) is 0 Å². The number of hydrogen-bond donors (Lipinski definition) is 0. The Morgan fingerprint density at radius 2 is 1.03 bits per heavy atom. The van der Waals surface area contributed by atoms with Crippen LogP contribution in [0.25, 0.3) is 12.2 Å². The summed E-state index contributed by atoms with van der Waals surface area (Å²) in [5.41, 5.74) is 0.133. The van der Waals surface area contributed by atoms with Gasteiger partial charge >= 0.3 is 12.4 Å². The van der Waals surface area contributed by atoms with Crippen molar-refractivity contribution in [1.29, 1.82) is 0 Å². The van der Waals surface area contributed by atoms with E-state index in [9.17, 15) is 31.1 Å². The van der Waals surface area contributed by atoms with E-state index >= 15 is 0 Å². The molecule has 8 heteroatoms. The van der Waals surface area contributed by atoms with Crippen LogP contribution in [-0.2, 0) is 17.1 Å². The molecule has 1 saturated heterocycles. The van der Waals surface area contributed by atoms with Crippen LogP contribution >= 0.6 is 0 Å². The predicted molar refractivity (Wildman–Crippen MR) is 101 cm³/mol. The summed E-state index contributed by atoms with van der Waals surface area (Å²) in [6, 6.07) is 8.94. The number of benzene rings is 2. The normalized spacial score (nSPS) is 19.0. The molecule has 0 atom stereocenters. The van der Waals surface area contributed by atoms with Crippen LogP contribution in [0, 0.1) is 0 Å². The summed E-state index contributed by atoms with van der Waals surface area (Å²) >= 11 is 0. The second kappa shape index (κ2) is 8.10. The van der Waals surface area contributed by atoms with E-state index < -0.39 is 23.5 Å². The maximum absolute atomic E-state index is 12.8. The SMILES string of the molecule is CN1CC(=Cc2ccc(C(F)(F)F)cc2)C(=O)C(=Cc2ccc(C(F)(F)F)cc2)C1. The number of Topliss-reactive ketones (excluding diaryl/α,β-unsaturated/α-hetero) is 1. The molecule has 1 aliphatic rings. The Labute approximate surface area is 169 Å². The molecule has 0 amide bonds. The predicted octanol–water partition coefficient (Wildman–Crippen LogP) is 5.71. The van der Waals surface area contributed by atoms with E-state index in [4.69, 9.17) is 0 Å². The minimum absolute atomic E-state index is 0.284. The number of alkyl halides is 6. The molecule has 1 aliphatic heterocycles. The molecule has 0 aromatic heterocycles. The molecule has 1 heterocycles. The number of rotatable bonds is 2. The molecule has 2 aromatic carbocycles. The zero-order valence-corrected chi connectivity index (χ0v) is 15.8. The van der Waals surface area contributed by atoms with E-state index in [2.05, 4.69) is 0 Å². The van der Waals surface area contributed by atoms with Crippen LogP contribution in [0.4, 0.5) is 26.3 Å². The summed E-state index contributed by atoms with van der Waals surface area (Å²) in [5.74, 6) is -0.284. The maximum atomic E-state index is 12.8. The molecule has 158 valence electrons. The Bertz CT molecular complexity index is 903. The molecule has 2 aromatic rings. The number of halogens is 6. The molecule has 0 spiro atoms. The maximum Gasteiger partial charge on any atom is 0.416 e. The summed E-state index contributed by atoms with van der Waals surface area (Å²) < 4.78 is 76.2. The van der Waals surface area contributed by atoms with Gasteiger partial charge in [0.05, 0.1) is 11.1 Å². The van der Waals surface area contributed by atoms with Crippen molar-refractivity contribution in [3.8, 4) is 0 Å².